The summed E-state index contributed by atoms with van der Waals surface area (Å²) in [6.45, 7) is 6.33. The Kier molecular flexibility index (Phi) is 4.50. The van der Waals surface area contributed by atoms with Crippen LogP contribution in [0.25, 0.3) is 0 Å². The van der Waals surface area contributed by atoms with Gasteiger partial charge in [0.2, 0.25) is 0 Å². The van der Waals surface area contributed by atoms with Crippen LogP contribution >= 0.6 is 15.9 Å². The van der Waals surface area contributed by atoms with Gasteiger partial charge in [0.25, 0.3) is 0 Å². The smallest absolute Gasteiger partial charge is 0.0798 e. The Balaban J connectivity index is 2.23. The fourth-order valence-corrected chi connectivity index (χ4v) is 3.70. The van der Waals surface area contributed by atoms with Gasteiger partial charge in [-0.05, 0) is 55.4 Å². The largest absolute Gasteiger partial charge is 0.388 e. The molecular formula is C16H23BrO. The highest BCUT2D eigenvalue weighted by Gasteiger charge is 2.22. The van der Waals surface area contributed by atoms with Crippen molar-refractivity contribution in [3.8, 4) is 0 Å². The summed E-state index contributed by atoms with van der Waals surface area (Å²) in [5.74, 6) is 0.721. The highest BCUT2D eigenvalue weighted by atomic mass is 79.9. The molecule has 0 heterocycles. The molecule has 0 saturated heterocycles. The van der Waals surface area contributed by atoms with Gasteiger partial charge >= 0.3 is 0 Å². The van der Waals surface area contributed by atoms with Crippen molar-refractivity contribution in [1.82, 2.24) is 0 Å². The fraction of sp³-hybridized carbons (Fsp3) is 0.625. The lowest BCUT2D eigenvalue weighted by molar-refractivity contribution is 0.143. The Labute approximate surface area is 119 Å². The van der Waals surface area contributed by atoms with E-state index >= 15 is 0 Å². The molecule has 0 aliphatic heterocycles. The molecule has 0 radical (unpaired) electrons. The van der Waals surface area contributed by atoms with E-state index in [1.807, 2.05) is 0 Å². The predicted molar refractivity (Wildman–Crippen MR) is 79.9 cm³/mol. The van der Waals surface area contributed by atoms with Gasteiger partial charge in [-0.3, -0.25) is 0 Å². The molecular weight excluding hydrogens is 288 g/mol. The average molecular weight is 311 g/mol. The van der Waals surface area contributed by atoms with E-state index in [1.165, 1.54) is 42.4 Å². The second-order valence-corrected chi connectivity index (χ2v) is 6.56. The van der Waals surface area contributed by atoms with Gasteiger partial charge < -0.3 is 5.11 Å². The third kappa shape index (κ3) is 2.80. The fourth-order valence-electron chi connectivity index (χ4n) is 3.37. The van der Waals surface area contributed by atoms with Crippen LogP contribution in [0, 0.1) is 26.7 Å². The lowest BCUT2D eigenvalue weighted by atomic mass is 9.89. The molecule has 1 fully saturated rings. The summed E-state index contributed by atoms with van der Waals surface area (Å²) in [4.78, 5) is 0. The van der Waals surface area contributed by atoms with E-state index in [4.69, 9.17) is 0 Å². The quantitative estimate of drug-likeness (QED) is 0.834. The number of aliphatic hydroxyl groups is 1. The third-order valence-corrected chi connectivity index (χ3v) is 5.52. The zero-order chi connectivity index (χ0) is 13.3. The maximum absolute atomic E-state index is 10.5. The van der Waals surface area contributed by atoms with E-state index in [0.717, 1.165) is 22.4 Å². The van der Waals surface area contributed by atoms with Gasteiger partial charge in [-0.15, -0.1) is 0 Å². The molecule has 1 atom stereocenters. The van der Waals surface area contributed by atoms with Crippen molar-refractivity contribution in [3.05, 3.63) is 32.8 Å². The number of aliphatic hydroxyl groups excluding tert-OH is 1. The van der Waals surface area contributed by atoms with Crippen molar-refractivity contribution in [2.75, 3.05) is 0 Å². The van der Waals surface area contributed by atoms with Gasteiger partial charge in [-0.1, -0.05) is 47.7 Å². The Morgan fingerprint density at radius 2 is 1.83 bits per heavy atom. The first kappa shape index (κ1) is 14.1. The summed E-state index contributed by atoms with van der Waals surface area (Å²) >= 11 is 3.63. The lowest BCUT2D eigenvalue weighted by Crippen LogP contribution is -2.08. The van der Waals surface area contributed by atoms with E-state index < -0.39 is 0 Å². The van der Waals surface area contributed by atoms with E-state index in [-0.39, 0.29) is 6.10 Å². The number of hydrogen-bond donors (Lipinski definition) is 1. The Bertz CT molecular complexity index is 433. The summed E-state index contributed by atoms with van der Waals surface area (Å²) in [5, 5.41) is 10.5. The van der Waals surface area contributed by atoms with Crippen molar-refractivity contribution in [3.63, 3.8) is 0 Å². The molecule has 1 N–H and O–H groups in total. The van der Waals surface area contributed by atoms with Crippen LogP contribution in [0.5, 0.6) is 0 Å². The summed E-state index contributed by atoms with van der Waals surface area (Å²) in [6.07, 6.45) is 5.89. The number of halogens is 1. The normalized spacial score (nSPS) is 18.3. The van der Waals surface area contributed by atoms with Crippen molar-refractivity contribution in [2.24, 2.45) is 5.92 Å². The molecule has 1 aliphatic rings. The second-order valence-electron chi connectivity index (χ2n) is 5.77. The standard InChI is InChI=1S/C16H23BrO/c1-10-8-11(2)16(17)12(3)15(10)14(18)9-13-6-4-5-7-13/h8,13-14,18H,4-7,9H2,1-3H3. The molecule has 2 heteroatoms. The Hall–Kier alpha value is -0.340. The van der Waals surface area contributed by atoms with E-state index in [1.54, 1.807) is 0 Å². The molecule has 18 heavy (non-hydrogen) atoms. The molecule has 0 amide bonds. The Morgan fingerprint density at radius 1 is 1.22 bits per heavy atom. The SMILES string of the molecule is Cc1cc(C)c(C(O)CC2CCCC2)c(C)c1Br. The predicted octanol–water partition coefficient (Wildman–Crippen LogP) is 4.99. The first-order valence-corrected chi connectivity index (χ1v) is 7.74. The highest BCUT2D eigenvalue weighted by Crippen LogP contribution is 2.37. The molecule has 1 aromatic carbocycles. The summed E-state index contributed by atoms with van der Waals surface area (Å²) < 4.78 is 1.15. The molecule has 1 aromatic rings. The molecule has 0 bridgehead atoms. The summed E-state index contributed by atoms with van der Waals surface area (Å²) in [7, 11) is 0. The van der Waals surface area contributed by atoms with Crippen LogP contribution in [-0.4, -0.2) is 5.11 Å². The van der Waals surface area contributed by atoms with Crippen molar-refractivity contribution in [2.45, 2.75) is 59.0 Å². The highest BCUT2D eigenvalue weighted by molar-refractivity contribution is 9.10. The average Bonchev–Trinajstić information content (AvgIpc) is 2.78. The second kappa shape index (κ2) is 5.75. The van der Waals surface area contributed by atoms with Crippen molar-refractivity contribution in [1.29, 1.82) is 0 Å². The lowest BCUT2D eigenvalue weighted by Gasteiger charge is -2.21. The minimum Gasteiger partial charge on any atom is -0.388 e. The van der Waals surface area contributed by atoms with Crippen molar-refractivity contribution >= 4 is 15.9 Å². The molecule has 1 unspecified atom stereocenters. The van der Waals surface area contributed by atoms with Crippen LogP contribution in [-0.2, 0) is 0 Å². The van der Waals surface area contributed by atoms with Gasteiger partial charge in [0.15, 0.2) is 0 Å². The maximum atomic E-state index is 10.5. The van der Waals surface area contributed by atoms with Crippen LogP contribution in [0.2, 0.25) is 0 Å². The third-order valence-electron chi connectivity index (χ3n) is 4.30. The number of aryl methyl sites for hydroxylation is 2. The topological polar surface area (TPSA) is 20.2 Å². The van der Waals surface area contributed by atoms with Crippen LogP contribution in [0.15, 0.2) is 10.5 Å². The molecule has 0 spiro atoms. The van der Waals surface area contributed by atoms with Crippen molar-refractivity contribution < 1.29 is 5.11 Å². The monoisotopic (exact) mass is 310 g/mol. The van der Waals surface area contributed by atoms with Gasteiger partial charge in [-0.2, -0.15) is 0 Å². The minimum atomic E-state index is -0.301. The summed E-state index contributed by atoms with van der Waals surface area (Å²) in [6, 6.07) is 2.17. The first-order chi connectivity index (χ1) is 8.50. The number of hydrogen-bond acceptors (Lipinski definition) is 1. The molecule has 1 saturated carbocycles. The van der Waals surface area contributed by atoms with Crippen LogP contribution < -0.4 is 0 Å². The zero-order valence-electron chi connectivity index (χ0n) is 11.6. The van der Waals surface area contributed by atoms with Crippen LogP contribution in [0.3, 0.4) is 0 Å². The van der Waals surface area contributed by atoms with Crippen LogP contribution in [0.4, 0.5) is 0 Å². The van der Waals surface area contributed by atoms with E-state index in [9.17, 15) is 5.11 Å². The molecule has 1 nitrogen and oxygen atoms in total. The number of rotatable bonds is 3. The minimum absolute atomic E-state index is 0.301. The van der Waals surface area contributed by atoms with Gasteiger partial charge in [-0.25, -0.2) is 0 Å². The molecule has 2 rings (SSSR count). The van der Waals surface area contributed by atoms with E-state index in [0.29, 0.717) is 0 Å². The first-order valence-electron chi connectivity index (χ1n) is 6.95. The van der Waals surface area contributed by atoms with Crippen LogP contribution in [0.1, 0.15) is 60.5 Å². The van der Waals surface area contributed by atoms with Gasteiger partial charge in [0, 0.05) is 4.47 Å². The van der Waals surface area contributed by atoms with Gasteiger partial charge in [0.1, 0.15) is 0 Å². The van der Waals surface area contributed by atoms with E-state index in [2.05, 4.69) is 42.8 Å². The number of benzene rings is 1. The Morgan fingerprint density at radius 3 is 2.44 bits per heavy atom. The maximum Gasteiger partial charge on any atom is 0.0798 e. The molecule has 1 aliphatic carbocycles. The molecule has 100 valence electrons. The molecule has 0 aromatic heterocycles. The zero-order valence-corrected chi connectivity index (χ0v) is 13.2. The summed E-state index contributed by atoms with van der Waals surface area (Å²) in [5.41, 5.74) is 4.82. The van der Waals surface area contributed by atoms with Gasteiger partial charge in [0.05, 0.1) is 6.10 Å².